The first-order valence-corrected chi connectivity index (χ1v) is 10.5. The molecule has 0 aliphatic heterocycles. The zero-order chi connectivity index (χ0) is 20.1. The lowest BCUT2D eigenvalue weighted by molar-refractivity contribution is -0.156. The van der Waals surface area contributed by atoms with Crippen molar-refractivity contribution in [2.45, 2.75) is 90.9 Å². The summed E-state index contributed by atoms with van der Waals surface area (Å²) in [6, 6.07) is 10.1. The van der Waals surface area contributed by atoms with Crippen LogP contribution in [0.15, 0.2) is 30.3 Å². The minimum absolute atomic E-state index is 0.194. The highest BCUT2D eigenvalue weighted by atomic mass is 16.6. The molecule has 4 nitrogen and oxygen atoms in total. The van der Waals surface area contributed by atoms with Crippen LogP contribution in [0.1, 0.15) is 78.2 Å². The number of nitrogens with zero attached hydrogens (tertiary/aromatic N) is 1. The van der Waals surface area contributed by atoms with Gasteiger partial charge in [0.1, 0.15) is 5.60 Å². The third-order valence-electron chi connectivity index (χ3n) is 4.38. The van der Waals surface area contributed by atoms with Crippen LogP contribution in [0.2, 0.25) is 0 Å². The number of carbonyl (C=O) groups excluding carboxylic acids is 1. The molecule has 1 unspecified atom stereocenters. The van der Waals surface area contributed by atoms with E-state index in [4.69, 9.17) is 4.74 Å². The summed E-state index contributed by atoms with van der Waals surface area (Å²) in [5.74, 6) is -0.245. The van der Waals surface area contributed by atoms with E-state index in [-0.39, 0.29) is 12.5 Å². The lowest BCUT2D eigenvalue weighted by Crippen LogP contribution is -2.38. The van der Waals surface area contributed by atoms with E-state index in [1.165, 1.54) is 32.1 Å². The molecule has 1 atom stereocenters. The Balaban J connectivity index is 2.50. The van der Waals surface area contributed by atoms with Crippen LogP contribution in [0, 0.1) is 0 Å². The Morgan fingerprint density at radius 2 is 1.70 bits per heavy atom. The number of hydrogen-bond donors (Lipinski definition) is 1. The summed E-state index contributed by atoms with van der Waals surface area (Å²) in [4.78, 5) is 14.2. The molecule has 0 spiro atoms. The maximum atomic E-state index is 12.3. The molecule has 4 heteroatoms. The van der Waals surface area contributed by atoms with Gasteiger partial charge in [0.2, 0.25) is 0 Å². The summed E-state index contributed by atoms with van der Waals surface area (Å²) < 4.78 is 5.46. The SMILES string of the molecule is CCCCCCCCC(O)CN(CC(=O)OC(C)(C)C)Cc1ccccc1. The molecule has 0 aromatic heterocycles. The van der Waals surface area contributed by atoms with Crippen molar-refractivity contribution < 1.29 is 14.6 Å². The smallest absolute Gasteiger partial charge is 0.320 e. The highest BCUT2D eigenvalue weighted by Crippen LogP contribution is 2.13. The Labute approximate surface area is 165 Å². The van der Waals surface area contributed by atoms with Crippen LogP contribution in [-0.4, -0.2) is 40.8 Å². The number of esters is 1. The van der Waals surface area contributed by atoms with E-state index < -0.39 is 11.7 Å². The molecule has 0 saturated carbocycles. The molecular weight excluding hydrogens is 338 g/mol. The number of rotatable bonds is 13. The minimum atomic E-state index is -0.493. The summed E-state index contributed by atoms with van der Waals surface area (Å²) >= 11 is 0. The van der Waals surface area contributed by atoms with Gasteiger partial charge < -0.3 is 9.84 Å². The zero-order valence-corrected chi connectivity index (χ0v) is 17.7. The first-order chi connectivity index (χ1) is 12.8. The number of benzene rings is 1. The Morgan fingerprint density at radius 3 is 2.33 bits per heavy atom. The molecule has 0 amide bonds. The fourth-order valence-electron chi connectivity index (χ4n) is 3.13. The van der Waals surface area contributed by atoms with Crippen LogP contribution in [-0.2, 0) is 16.1 Å². The number of ether oxygens (including phenoxy) is 1. The third kappa shape index (κ3) is 12.6. The van der Waals surface area contributed by atoms with Gasteiger partial charge in [-0.05, 0) is 32.8 Å². The van der Waals surface area contributed by atoms with E-state index in [1.807, 2.05) is 56.0 Å². The van der Waals surface area contributed by atoms with Gasteiger partial charge in [-0.1, -0.05) is 75.8 Å². The number of unbranched alkanes of at least 4 members (excludes halogenated alkanes) is 5. The summed E-state index contributed by atoms with van der Waals surface area (Å²) in [7, 11) is 0. The zero-order valence-electron chi connectivity index (χ0n) is 17.7. The van der Waals surface area contributed by atoms with Crippen molar-refractivity contribution in [2.75, 3.05) is 13.1 Å². The fourth-order valence-corrected chi connectivity index (χ4v) is 3.13. The average Bonchev–Trinajstić information content (AvgIpc) is 2.57. The normalized spacial score (nSPS) is 13.0. The van der Waals surface area contributed by atoms with Gasteiger partial charge >= 0.3 is 5.97 Å². The van der Waals surface area contributed by atoms with Crippen molar-refractivity contribution in [1.29, 1.82) is 0 Å². The molecule has 1 N–H and O–H groups in total. The summed E-state index contributed by atoms with van der Waals surface area (Å²) in [6.45, 7) is 9.16. The summed E-state index contributed by atoms with van der Waals surface area (Å²) in [5, 5.41) is 10.5. The Bertz CT molecular complexity index is 510. The molecule has 154 valence electrons. The molecule has 0 aliphatic rings. The van der Waals surface area contributed by atoms with Crippen molar-refractivity contribution >= 4 is 5.97 Å². The standard InChI is InChI=1S/C23H39NO3/c1-5-6-7-8-9-13-16-21(25)18-24(17-20-14-11-10-12-15-20)19-22(26)27-23(2,3)4/h10-12,14-15,21,25H,5-9,13,16-19H2,1-4H3. The second-order valence-electron chi connectivity index (χ2n) is 8.45. The molecule has 0 bridgehead atoms. The van der Waals surface area contributed by atoms with Crippen molar-refractivity contribution in [2.24, 2.45) is 0 Å². The van der Waals surface area contributed by atoms with Crippen molar-refractivity contribution in [3.8, 4) is 0 Å². The van der Waals surface area contributed by atoms with E-state index in [0.717, 1.165) is 18.4 Å². The molecule has 1 aromatic carbocycles. The van der Waals surface area contributed by atoms with Crippen LogP contribution in [0.25, 0.3) is 0 Å². The van der Waals surface area contributed by atoms with Gasteiger partial charge in [0, 0.05) is 13.1 Å². The van der Waals surface area contributed by atoms with E-state index >= 15 is 0 Å². The first kappa shape index (κ1) is 23.6. The molecule has 0 heterocycles. The average molecular weight is 378 g/mol. The highest BCUT2D eigenvalue weighted by Gasteiger charge is 2.21. The fraction of sp³-hybridized carbons (Fsp3) is 0.696. The van der Waals surface area contributed by atoms with Crippen LogP contribution >= 0.6 is 0 Å². The van der Waals surface area contributed by atoms with Gasteiger partial charge in [-0.2, -0.15) is 0 Å². The largest absolute Gasteiger partial charge is 0.459 e. The molecule has 0 radical (unpaired) electrons. The Hall–Kier alpha value is -1.39. The maximum Gasteiger partial charge on any atom is 0.320 e. The van der Waals surface area contributed by atoms with Gasteiger partial charge in [-0.15, -0.1) is 0 Å². The minimum Gasteiger partial charge on any atom is -0.459 e. The van der Waals surface area contributed by atoms with Gasteiger partial charge in [-0.3, -0.25) is 9.69 Å². The summed E-state index contributed by atoms with van der Waals surface area (Å²) in [6.07, 6.45) is 7.65. The lowest BCUT2D eigenvalue weighted by Gasteiger charge is -2.27. The van der Waals surface area contributed by atoms with Crippen LogP contribution in [0.3, 0.4) is 0 Å². The van der Waals surface area contributed by atoms with Gasteiger partial charge in [-0.25, -0.2) is 0 Å². The van der Waals surface area contributed by atoms with E-state index in [1.54, 1.807) is 0 Å². The molecule has 0 saturated heterocycles. The van der Waals surface area contributed by atoms with Gasteiger partial charge in [0.15, 0.2) is 0 Å². The topological polar surface area (TPSA) is 49.8 Å². The summed E-state index contributed by atoms with van der Waals surface area (Å²) in [5.41, 5.74) is 0.639. The molecule has 1 rings (SSSR count). The van der Waals surface area contributed by atoms with E-state index in [2.05, 4.69) is 6.92 Å². The first-order valence-electron chi connectivity index (χ1n) is 10.5. The molecule has 0 fully saturated rings. The molecule has 0 aliphatic carbocycles. The van der Waals surface area contributed by atoms with Gasteiger partial charge in [0.25, 0.3) is 0 Å². The molecule has 1 aromatic rings. The number of aliphatic hydroxyl groups is 1. The lowest BCUT2D eigenvalue weighted by atomic mass is 10.1. The predicted octanol–water partition coefficient (Wildman–Crippen LogP) is 4.94. The second kappa shape index (κ2) is 12.9. The number of carbonyl (C=O) groups is 1. The molecule has 27 heavy (non-hydrogen) atoms. The number of hydrogen-bond acceptors (Lipinski definition) is 4. The van der Waals surface area contributed by atoms with E-state index in [9.17, 15) is 9.90 Å². The third-order valence-corrected chi connectivity index (χ3v) is 4.38. The maximum absolute atomic E-state index is 12.3. The monoisotopic (exact) mass is 377 g/mol. The van der Waals surface area contributed by atoms with Crippen LogP contribution in [0.5, 0.6) is 0 Å². The van der Waals surface area contributed by atoms with Crippen LogP contribution in [0.4, 0.5) is 0 Å². The Morgan fingerprint density at radius 1 is 1.07 bits per heavy atom. The number of aliphatic hydroxyl groups excluding tert-OH is 1. The quantitative estimate of drug-likeness (QED) is 0.391. The van der Waals surface area contributed by atoms with Crippen molar-refractivity contribution in [3.05, 3.63) is 35.9 Å². The highest BCUT2D eigenvalue weighted by molar-refractivity contribution is 5.72. The van der Waals surface area contributed by atoms with E-state index in [0.29, 0.717) is 13.1 Å². The van der Waals surface area contributed by atoms with Crippen molar-refractivity contribution in [1.82, 2.24) is 4.90 Å². The van der Waals surface area contributed by atoms with Crippen LogP contribution < -0.4 is 0 Å². The van der Waals surface area contributed by atoms with Crippen molar-refractivity contribution in [3.63, 3.8) is 0 Å². The Kier molecular flexibility index (Phi) is 11.3. The predicted molar refractivity (Wildman–Crippen MR) is 112 cm³/mol. The van der Waals surface area contributed by atoms with Gasteiger partial charge in [0.05, 0.1) is 12.6 Å². The second-order valence-corrected chi connectivity index (χ2v) is 8.45. The molecular formula is C23H39NO3.